The highest BCUT2D eigenvalue weighted by Gasteiger charge is 2.21. The van der Waals surface area contributed by atoms with Gasteiger partial charge in [0.1, 0.15) is 0 Å². The standard InChI is InChI=1S/C16H21NO3/c1-11-10-13(16(19)20-2)8-9-14(11)17-15(18)12-6-4-3-5-7-12/h8-10,12H,3-7H2,1-2H3,(H,17,18). The minimum absolute atomic E-state index is 0.0959. The van der Waals surface area contributed by atoms with Gasteiger partial charge in [-0.1, -0.05) is 19.3 Å². The van der Waals surface area contributed by atoms with Gasteiger partial charge in [-0.05, 0) is 43.5 Å². The molecule has 2 rings (SSSR count). The molecule has 0 spiro atoms. The first-order valence-corrected chi connectivity index (χ1v) is 7.11. The lowest BCUT2D eigenvalue weighted by Crippen LogP contribution is -2.25. The van der Waals surface area contributed by atoms with Gasteiger partial charge in [0, 0.05) is 11.6 Å². The Hall–Kier alpha value is -1.84. The smallest absolute Gasteiger partial charge is 0.337 e. The summed E-state index contributed by atoms with van der Waals surface area (Å²) >= 11 is 0. The first kappa shape index (κ1) is 14.6. The molecule has 1 saturated carbocycles. The Morgan fingerprint density at radius 3 is 2.50 bits per heavy atom. The van der Waals surface area contributed by atoms with Crippen molar-refractivity contribution in [1.82, 2.24) is 0 Å². The lowest BCUT2D eigenvalue weighted by atomic mass is 9.88. The van der Waals surface area contributed by atoms with E-state index in [0.29, 0.717) is 5.56 Å². The Balaban J connectivity index is 2.05. The van der Waals surface area contributed by atoms with E-state index in [4.69, 9.17) is 0 Å². The summed E-state index contributed by atoms with van der Waals surface area (Å²) in [7, 11) is 1.36. The molecule has 0 bridgehead atoms. The summed E-state index contributed by atoms with van der Waals surface area (Å²) < 4.78 is 4.68. The Kier molecular flexibility index (Phi) is 4.77. The van der Waals surface area contributed by atoms with Gasteiger partial charge >= 0.3 is 5.97 Å². The van der Waals surface area contributed by atoms with Gasteiger partial charge in [-0.2, -0.15) is 0 Å². The molecule has 108 valence electrons. The molecule has 0 radical (unpaired) electrons. The molecule has 0 heterocycles. The Morgan fingerprint density at radius 2 is 1.90 bits per heavy atom. The average Bonchev–Trinajstić information content (AvgIpc) is 2.49. The van der Waals surface area contributed by atoms with Crippen LogP contribution >= 0.6 is 0 Å². The summed E-state index contributed by atoms with van der Waals surface area (Å²) in [6.07, 6.45) is 5.46. The van der Waals surface area contributed by atoms with Gasteiger partial charge in [0.15, 0.2) is 0 Å². The van der Waals surface area contributed by atoms with Gasteiger partial charge < -0.3 is 10.1 Å². The Labute approximate surface area is 119 Å². The molecule has 1 aliphatic rings. The number of ether oxygens (including phenoxy) is 1. The minimum atomic E-state index is -0.363. The first-order valence-electron chi connectivity index (χ1n) is 7.11. The zero-order valence-electron chi connectivity index (χ0n) is 12.1. The van der Waals surface area contributed by atoms with E-state index in [1.165, 1.54) is 13.5 Å². The maximum absolute atomic E-state index is 12.2. The molecular weight excluding hydrogens is 254 g/mol. The molecule has 20 heavy (non-hydrogen) atoms. The van der Waals surface area contributed by atoms with E-state index in [2.05, 4.69) is 10.1 Å². The second-order valence-electron chi connectivity index (χ2n) is 5.35. The number of amides is 1. The highest BCUT2D eigenvalue weighted by atomic mass is 16.5. The number of nitrogens with one attached hydrogen (secondary N) is 1. The second kappa shape index (κ2) is 6.55. The molecule has 1 aliphatic carbocycles. The van der Waals surface area contributed by atoms with Gasteiger partial charge in [-0.3, -0.25) is 4.79 Å². The van der Waals surface area contributed by atoms with Crippen LogP contribution in [0.15, 0.2) is 18.2 Å². The Bertz CT molecular complexity index is 504. The number of aryl methyl sites for hydroxylation is 1. The molecule has 4 nitrogen and oxygen atoms in total. The number of hydrogen-bond acceptors (Lipinski definition) is 3. The van der Waals surface area contributed by atoms with Gasteiger partial charge in [0.25, 0.3) is 0 Å². The fourth-order valence-electron chi connectivity index (χ4n) is 2.65. The molecule has 1 N–H and O–H groups in total. The van der Waals surface area contributed by atoms with Crippen LogP contribution in [0.4, 0.5) is 5.69 Å². The van der Waals surface area contributed by atoms with Crippen molar-refractivity contribution in [2.75, 3.05) is 12.4 Å². The summed E-state index contributed by atoms with van der Waals surface area (Å²) in [6, 6.07) is 5.18. The van der Waals surface area contributed by atoms with Gasteiger partial charge in [0.2, 0.25) is 5.91 Å². The number of rotatable bonds is 3. The molecular formula is C16H21NO3. The van der Waals surface area contributed by atoms with Gasteiger partial charge in [-0.15, -0.1) is 0 Å². The summed E-state index contributed by atoms with van der Waals surface area (Å²) in [4.78, 5) is 23.6. The van der Waals surface area contributed by atoms with Crippen LogP contribution in [0.1, 0.15) is 48.0 Å². The lowest BCUT2D eigenvalue weighted by molar-refractivity contribution is -0.120. The van der Waals surface area contributed by atoms with Crippen molar-refractivity contribution in [3.05, 3.63) is 29.3 Å². The molecule has 4 heteroatoms. The fraction of sp³-hybridized carbons (Fsp3) is 0.500. The number of anilines is 1. The number of carbonyl (C=O) groups excluding carboxylic acids is 2. The minimum Gasteiger partial charge on any atom is -0.465 e. The topological polar surface area (TPSA) is 55.4 Å². The predicted molar refractivity (Wildman–Crippen MR) is 77.7 cm³/mol. The SMILES string of the molecule is COC(=O)c1ccc(NC(=O)C2CCCCC2)c(C)c1. The van der Waals surface area contributed by atoms with E-state index in [1.54, 1.807) is 18.2 Å². The van der Waals surface area contributed by atoms with Crippen molar-refractivity contribution in [2.24, 2.45) is 5.92 Å². The maximum Gasteiger partial charge on any atom is 0.337 e. The number of benzene rings is 1. The van der Waals surface area contributed by atoms with Crippen molar-refractivity contribution in [1.29, 1.82) is 0 Å². The van der Waals surface area contributed by atoms with Crippen molar-refractivity contribution in [2.45, 2.75) is 39.0 Å². The third-order valence-electron chi connectivity index (χ3n) is 3.88. The van der Waals surface area contributed by atoms with Crippen LogP contribution in [0.3, 0.4) is 0 Å². The summed E-state index contributed by atoms with van der Waals surface area (Å²) in [5, 5.41) is 2.97. The molecule has 1 fully saturated rings. The van der Waals surface area contributed by atoms with Crippen molar-refractivity contribution in [3.63, 3.8) is 0 Å². The monoisotopic (exact) mass is 275 g/mol. The van der Waals surface area contributed by atoms with Crippen LogP contribution < -0.4 is 5.32 Å². The molecule has 1 aromatic rings. The van der Waals surface area contributed by atoms with E-state index < -0.39 is 0 Å². The van der Waals surface area contributed by atoms with E-state index in [1.807, 2.05) is 6.92 Å². The molecule has 0 unspecified atom stereocenters. The third kappa shape index (κ3) is 3.38. The van der Waals surface area contributed by atoms with Crippen LogP contribution in [0, 0.1) is 12.8 Å². The Morgan fingerprint density at radius 1 is 1.20 bits per heavy atom. The summed E-state index contributed by atoms with van der Waals surface area (Å²) in [5.74, 6) is -0.139. The van der Waals surface area contributed by atoms with Crippen molar-refractivity contribution >= 4 is 17.6 Å². The van der Waals surface area contributed by atoms with Crippen molar-refractivity contribution in [3.8, 4) is 0 Å². The number of hydrogen-bond donors (Lipinski definition) is 1. The third-order valence-corrected chi connectivity index (χ3v) is 3.88. The van der Waals surface area contributed by atoms with E-state index >= 15 is 0 Å². The normalized spacial score (nSPS) is 15.7. The fourth-order valence-corrected chi connectivity index (χ4v) is 2.65. The predicted octanol–water partition coefficient (Wildman–Crippen LogP) is 3.30. The molecule has 0 aromatic heterocycles. The molecule has 1 amide bonds. The maximum atomic E-state index is 12.2. The number of carbonyl (C=O) groups is 2. The van der Waals surface area contributed by atoms with Crippen LogP contribution in [-0.2, 0) is 9.53 Å². The highest BCUT2D eigenvalue weighted by Crippen LogP contribution is 2.26. The number of methoxy groups -OCH3 is 1. The zero-order chi connectivity index (χ0) is 14.5. The zero-order valence-corrected chi connectivity index (χ0v) is 12.1. The van der Waals surface area contributed by atoms with Crippen LogP contribution in [-0.4, -0.2) is 19.0 Å². The average molecular weight is 275 g/mol. The largest absolute Gasteiger partial charge is 0.465 e. The van der Waals surface area contributed by atoms with Gasteiger partial charge in [0.05, 0.1) is 12.7 Å². The lowest BCUT2D eigenvalue weighted by Gasteiger charge is -2.21. The summed E-state index contributed by atoms with van der Waals surface area (Å²) in [6.45, 7) is 1.88. The van der Waals surface area contributed by atoms with Crippen molar-refractivity contribution < 1.29 is 14.3 Å². The molecule has 0 saturated heterocycles. The van der Waals surface area contributed by atoms with Crippen LogP contribution in [0.2, 0.25) is 0 Å². The van der Waals surface area contributed by atoms with Gasteiger partial charge in [-0.25, -0.2) is 4.79 Å². The number of esters is 1. The van der Waals surface area contributed by atoms with Crippen LogP contribution in [0.25, 0.3) is 0 Å². The first-order chi connectivity index (χ1) is 9.61. The molecule has 0 aliphatic heterocycles. The van der Waals surface area contributed by atoms with E-state index in [-0.39, 0.29) is 17.8 Å². The van der Waals surface area contributed by atoms with E-state index in [9.17, 15) is 9.59 Å². The molecule has 1 aromatic carbocycles. The quantitative estimate of drug-likeness (QED) is 0.861. The van der Waals surface area contributed by atoms with Crippen LogP contribution in [0.5, 0.6) is 0 Å². The highest BCUT2D eigenvalue weighted by molar-refractivity contribution is 5.95. The second-order valence-corrected chi connectivity index (χ2v) is 5.35. The molecule has 0 atom stereocenters. The summed E-state index contributed by atoms with van der Waals surface area (Å²) in [5.41, 5.74) is 2.14. The van der Waals surface area contributed by atoms with E-state index in [0.717, 1.165) is 36.9 Å².